The summed E-state index contributed by atoms with van der Waals surface area (Å²) in [5, 5.41) is 7.67. The van der Waals surface area contributed by atoms with Gasteiger partial charge in [-0.15, -0.1) is 0 Å². The Hall–Kier alpha value is -1.99. The molecule has 0 aromatic carbocycles. The highest BCUT2D eigenvalue weighted by atomic mass is 19.4. The second-order valence-corrected chi connectivity index (χ2v) is 6.98. The summed E-state index contributed by atoms with van der Waals surface area (Å²) in [5.41, 5.74) is 7.84. The lowest BCUT2D eigenvalue weighted by molar-refractivity contribution is -0.138. The van der Waals surface area contributed by atoms with E-state index in [0.717, 1.165) is 49.1 Å². The first-order valence-corrected chi connectivity index (χ1v) is 9.09. The monoisotopic (exact) mass is 371 g/mol. The van der Waals surface area contributed by atoms with Crippen LogP contribution in [0.1, 0.15) is 58.8 Å². The van der Waals surface area contributed by atoms with Gasteiger partial charge in [-0.25, -0.2) is 0 Å². The van der Waals surface area contributed by atoms with Gasteiger partial charge in [-0.2, -0.15) is 27.9 Å². The highest BCUT2D eigenvalue weighted by Gasteiger charge is 2.30. The van der Waals surface area contributed by atoms with E-state index in [1.807, 2.05) is 13.8 Å². The van der Waals surface area contributed by atoms with Crippen molar-refractivity contribution in [2.45, 2.75) is 71.0 Å². The molecule has 1 aromatic rings. The van der Waals surface area contributed by atoms with Gasteiger partial charge in [-0.05, 0) is 62.5 Å². The van der Waals surface area contributed by atoms with Crippen LogP contribution < -0.4 is 11.1 Å². The maximum atomic E-state index is 12.4. The number of nitrogens with zero attached hydrogens (tertiary/aromatic N) is 3. The SMILES string of the molecule is C=C(CC)/C(C)=C(/NC1CCC(CCC(F)(F)F)CC1)n1ncnc1N. The van der Waals surface area contributed by atoms with Gasteiger partial charge in [0.1, 0.15) is 12.1 Å². The van der Waals surface area contributed by atoms with Gasteiger partial charge in [-0.3, -0.25) is 0 Å². The van der Waals surface area contributed by atoms with E-state index in [1.165, 1.54) is 6.33 Å². The average molecular weight is 371 g/mol. The smallest absolute Gasteiger partial charge is 0.368 e. The Kier molecular flexibility index (Phi) is 6.72. The molecule has 0 bridgehead atoms. The molecule has 0 saturated heterocycles. The zero-order valence-corrected chi connectivity index (χ0v) is 15.4. The zero-order chi connectivity index (χ0) is 19.3. The molecule has 1 aromatic heterocycles. The summed E-state index contributed by atoms with van der Waals surface area (Å²) in [6.45, 7) is 8.07. The molecule has 5 nitrogen and oxygen atoms in total. The third-order valence-corrected chi connectivity index (χ3v) is 5.12. The third-order valence-electron chi connectivity index (χ3n) is 5.12. The number of hydrogen-bond acceptors (Lipinski definition) is 4. The van der Waals surface area contributed by atoms with Gasteiger partial charge in [0.15, 0.2) is 0 Å². The lowest BCUT2D eigenvalue weighted by atomic mass is 9.83. The van der Waals surface area contributed by atoms with E-state index in [-0.39, 0.29) is 24.3 Å². The molecule has 146 valence electrons. The van der Waals surface area contributed by atoms with E-state index in [9.17, 15) is 13.2 Å². The normalized spacial score (nSPS) is 22.0. The van der Waals surface area contributed by atoms with Gasteiger partial charge in [0.2, 0.25) is 5.95 Å². The molecule has 0 radical (unpaired) electrons. The van der Waals surface area contributed by atoms with Crippen LogP contribution in [0.15, 0.2) is 24.1 Å². The molecule has 1 aliphatic carbocycles. The second kappa shape index (κ2) is 8.60. The van der Waals surface area contributed by atoms with Crippen LogP contribution in [0, 0.1) is 5.92 Å². The largest absolute Gasteiger partial charge is 0.389 e. The highest BCUT2D eigenvalue weighted by molar-refractivity contribution is 5.57. The van der Waals surface area contributed by atoms with Crippen LogP contribution in [0.4, 0.5) is 19.1 Å². The Morgan fingerprint density at radius 3 is 2.50 bits per heavy atom. The number of nitrogens with two attached hydrogens (primary N) is 1. The minimum atomic E-state index is -4.06. The van der Waals surface area contributed by atoms with E-state index in [0.29, 0.717) is 0 Å². The molecule has 0 atom stereocenters. The summed E-state index contributed by atoms with van der Waals surface area (Å²) < 4.78 is 38.8. The van der Waals surface area contributed by atoms with Crippen LogP contribution in [-0.4, -0.2) is 27.0 Å². The summed E-state index contributed by atoms with van der Waals surface area (Å²) in [7, 11) is 0. The number of aromatic nitrogens is 3. The first kappa shape index (κ1) is 20.3. The van der Waals surface area contributed by atoms with Crippen LogP contribution in [0.2, 0.25) is 0 Å². The number of hydrogen-bond donors (Lipinski definition) is 2. The van der Waals surface area contributed by atoms with Gasteiger partial charge in [0.25, 0.3) is 0 Å². The van der Waals surface area contributed by atoms with E-state index < -0.39 is 12.6 Å². The van der Waals surface area contributed by atoms with Crippen molar-refractivity contribution in [1.82, 2.24) is 20.1 Å². The molecular weight excluding hydrogens is 343 g/mol. The standard InChI is InChI=1S/C18H28F3N5/c1-4-12(2)13(3)16(26-17(22)23-11-24-26)25-15-7-5-14(6-8-15)9-10-18(19,20)21/h11,14-15,25H,2,4-10H2,1,3H3,(H2,22,23,24)/b16-13-. The van der Waals surface area contributed by atoms with Crippen LogP contribution in [0.25, 0.3) is 5.82 Å². The Bertz CT molecular complexity index is 639. The predicted octanol–water partition coefficient (Wildman–Crippen LogP) is 4.51. The summed E-state index contributed by atoms with van der Waals surface area (Å²) in [5.74, 6) is 1.19. The van der Waals surface area contributed by atoms with E-state index in [2.05, 4.69) is 22.0 Å². The zero-order valence-electron chi connectivity index (χ0n) is 15.4. The molecule has 2 rings (SSSR count). The molecule has 1 heterocycles. The molecule has 26 heavy (non-hydrogen) atoms. The number of nitrogens with one attached hydrogen (secondary N) is 1. The number of anilines is 1. The Labute approximate surface area is 152 Å². The molecule has 1 fully saturated rings. The Morgan fingerprint density at radius 2 is 2.00 bits per heavy atom. The summed E-state index contributed by atoms with van der Waals surface area (Å²) in [6.07, 6.45) is 0.908. The summed E-state index contributed by atoms with van der Waals surface area (Å²) >= 11 is 0. The fraction of sp³-hybridized carbons (Fsp3) is 0.667. The first-order chi connectivity index (χ1) is 12.2. The number of rotatable bonds is 7. The number of alkyl halides is 3. The van der Waals surface area contributed by atoms with Gasteiger partial charge < -0.3 is 11.1 Å². The van der Waals surface area contributed by atoms with E-state index >= 15 is 0 Å². The van der Waals surface area contributed by atoms with Crippen molar-refractivity contribution >= 4 is 11.8 Å². The molecule has 3 N–H and O–H groups in total. The van der Waals surface area contributed by atoms with E-state index in [1.54, 1.807) is 4.68 Å². The quantitative estimate of drug-likeness (QED) is 0.692. The van der Waals surface area contributed by atoms with Crippen molar-refractivity contribution in [2.75, 3.05) is 5.73 Å². The Balaban J connectivity index is 2.03. The first-order valence-electron chi connectivity index (χ1n) is 9.09. The van der Waals surface area contributed by atoms with Crippen molar-refractivity contribution < 1.29 is 13.2 Å². The summed E-state index contributed by atoms with van der Waals surface area (Å²) in [4.78, 5) is 3.98. The maximum absolute atomic E-state index is 12.4. The molecule has 0 amide bonds. The third kappa shape index (κ3) is 5.51. The molecule has 1 aliphatic rings. The number of halogens is 3. The molecular formula is C18H28F3N5. The van der Waals surface area contributed by atoms with Gasteiger partial charge in [0.05, 0.1) is 0 Å². The van der Waals surface area contributed by atoms with Crippen molar-refractivity contribution in [3.63, 3.8) is 0 Å². The lowest BCUT2D eigenvalue weighted by Gasteiger charge is -2.31. The molecule has 8 heteroatoms. The maximum Gasteiger partial charge on any atom is 0.389 e. The van der Waals surface area contributed by atoms with Crippen molar-refractivity contribution in [3.05, 3.63) is 24.1 Å². The second-order valence-electron chi connectivity index (χ2n) is 6.98. The van der Waals surface area contributed by atoms with Crippen LogP contribution in [-0.2, 0) is 0 Å². The fourth-order valence-electron chi connectivity index (χ4n) is 3.34. The van der Waals surface area contributed by atoms with Crippen molar-refractivity contribution in [3.8, 4) is 0 Å². The molecule has 1 saturated carbocycles. The number of allylic oxidation sites excluding steroid dienone is 2. The van der Waals surface area contributed by atoms with Crippen LogP contribution >= 0.6 is 0 Å². The average Bonchev–Trinajstić information content (AvgIpc) is 3.02. The highest BCUT2D eigenvalue weighted by Crippen LogP contribution is 2.33. The van der Waals surface area contributed by atoms with Gasteiger partial charge in [0, 0.05) is 12.5 Å². The summed E-state index contributed by atoms with van der Waals surface area (Å²) in [6, 6.07) is 0.176. The minimum absolute atomic E-state index is 0.144. The topological polar surface area (TPSA) is 68.8 Å². The van der Waals surface area contributed by atoms with Crippen molar-refractivity contribution in [1.29, 1.82) is 0 Å². The minimum Gasteiger partial charge on any atom is -0.368 e. The van der Waals surface area contributed by atoms with Crippen molar-refractivity contribution in [2.24, 2.45) is 5.92 Å². The predicted molar refractivity (Wildman–Crippen MR) is 96.9 cm³/mol. The Morgan fingerprint density at radius 1 is 1.35 bits per heavy atom. The van der Waals surface area contributed by atoms with Gasteiger partial charge in [-0.1, -0.05) is 13.5 Å². The van der Waals surface area contributed by atoms with Gasteiger partial charge >= 0.3 is 6.18 Å². The molecule has 0 unspecified atom stereocenters. The van der Waals surface area contributed by atoms with E-state index in [4.69, 9.17) is 5.73 Å². The molecule has 0 spiro atoms. The lowest BCUT2D eigenvalue weighted by Crippen LogP contribution is -2.35. The number of nitrogen functional groups attached to an aromatic ring is 1. The van der Waals surface area contributed by atoms with Crippen LogP contribution in [0.5, 0.6) is 0 Å². The fourth-order valence-corrected chi connectivity index (χ4v) is 3.34. The molecule has 0 aliphatic heterocycles. The van der Waals surface area contributed by atoms with Crippen LogP contribution in [0.3, 0.4) is 0 Å².